The van der Waals surface area contributed by atoms with Crippen molar-refractivity contribution in [3.8, 4) is 0 Å². The van der Waals surface area contributed by atoms with Crippen molar-refractivity contribution in [3.63, 3.8) is 0 Å². The third-order valence-electron chi connectivity index (χ3n) is 7.24. The Kier molecular flexibility index (Phi) is 5.73. The summed E-state index contributed by atoms with van der Waals surface area (Å²) in [7, 11) is 0. The third kappa shape index (κ3) is 4.35. The summed E-state index contributed by atoms with van der Waals surface area (Å²) in [6.45, 7) is 0.665. The van der Waals surface area contributed by atoms with E-state index in [0.717, 1.165) is 38.5 Å². The van der Waals surface area contributed by atoms with Crippen molar-refractivity contribution < 1.29 is 14.0 Å². The van der Waals surface area contributed by atoms with E-state index >= 15 is 0 Å². The number of carbonyl (C=O) groups excluding carboxylic acids is 2. The molecule has 0 saturated heterocycles. The fraction of sp³-hybridized carbons (Fsp3) is 0.435. The second-order valence-corrected chi connectivity index (χ2v) is 9.88. The van der Waals surface area contributed by atoms with E-state index in [1.54, 1.807) is 0 Å². The molecule has 0 atom stereocenters. The molecule has 0 radical (unpaired) electrons. The maximum atomic E-state index is 13.4. The quantitative estimate of drug-likeness (QED) is 0.492. The van der Waals surface area contributed by atoms with Gasteiger partial charge in [0.2, 0.25) is 0 Å². The predicted octanol–water partition coefficient (Wildman–Crippen LogP) is 2.63. The Morgan fingerprint density at radius 3 is 2.53 bits per heavy atom. The SMILES string of the molecule is NC12CCC(CNC(=O)c3cc(C(=O)NCc4ccc(F)c(Cl)c4)nc4ncnn34)(CC1)CC2. The molecule has 11 heteroatoms. The number of amides is 2. The first kappa shape index (κ1) is 22.7. The lowest BCUT2D eigenvalue weighted by Gasteiger charge is -2.51. The van der Waals surface area contributed by atoms with Crippen LogP contribution in [0.4, 0.5) is 4.39 Å². The van der Waals surface area contributed by atoms with E-state index in [0.29, 0.717) is 12.1 Å². The summed E-state index contributed by atoms with van der Waals surface area (Å²) in [5.74, 6) is -1.24. The van der Waals surface area contributed by atoms with E-state index in [2.05, 4.69) is 25.7 Å². The summed E-state index contributed by atoms with van der Waals surface area (Å²) >= 11 is 5.80. The van der Waals surface area contributed by atoms with Crippen molar-refractivity contribution in [2.45, 2.75) is 50.6 Å². The van der Waals surface area contributed by atoms with Gasteiger partial charge in [-0.3, -0.25) is 9.59 Å². The minimum atomic E-state index is -0.533. The largest absolute Gasteiger partial charge is 0.350 e. The Balaban J connectivity index is 1.30. The van der Waals surface area contributed by atoms with E-state index in [1.807, 2.05) is 0 Å². The van der Waals surface area contributed by atoms with Crippen LogP contribution >= 0.6 is 11.6 Å². The Labute approximate surface area is 200 Å². The number of hydrogen-bond acceptors (Lipinski definition) is 6. The van der Waals surface area contributed by atoms with Crippen LogP contribution in [0.5, 0.6) is 0 Å². The van der Waals surface area contributed by atoms with Crippen LogP contribution in [-0.2, 0) is 6.54 Å². The van der Waals surface area contributed by atoms with Crippen molar-refractivity contribution in [2.24, 2.45) is 11.1 Å². The van der Waals surface area contributed by atoms with Gasteiger partial charge in [-0.15, -0.1) is 0 Å². The van der Waals surface area contributed by atoms with E-state index in [-0.39, 0.29) is 45.6 Å². The summed E-state index contributed by atoms with van der Waals surface area (Å²) in [5.41, 5.74) is 7.26. The second kappa shape index (κ2) is 8.59. The van der Waals surface area contributed by atoms with Crippen LogP contribution in [0, 0.1) is 11.2 Å². The Bertz CT molecular complexity index is 1250. The predicted molar refractivity (Wildman–Crippen MR) is 123 cm³/mol. The molecule has 0 unspecified atom stereocenters. The molecule has 3 saturated carbocycles. The number of nitrogens with one attached hydrogen (secondary N) is 2. The zero-order valence-corrected chi connectivity index (χ0v) is 19.2. The molecular formula is C23H25ClFN7O2. The molecule has 34 heavy (non-hydrogen) atoms. The van der Waals surface area contributed by atoms with E-state index < -0.39 is 11.7 Å². The van der Waals surface area contributed by atoms with Crippen LogP contribution in [0.3, 0.4) is 0 Å². The molecule has 2 aromatic heterocycles. The molecule has 3 aromatic rings. The average Bonchev–Trinajstić information content (AvgIpc) is 3.32. The molecule has 2 amide bonds. The van der Waals surface area contributed by atoms with Crippen LogP contribution < -0.4 is 16.4 Å². The lowest BCUT2D eigenvalue weighted by atomic mass is 9.57. The molecule has 0 spiro atoms. The fourth-order valence-corrected chi connectivity index (χ4v) is 5.13. The molecule has 2 bridgehead atoms. The molecule has 2 heterocycles. The fourth-order valence-electron chi connectivity index (χ4n) is 4.93. The Morgan fingerprint density at radius 2 is 1.82 bits per heavy atom. The van der Waals surface area contributed by atoms with Gasteiger partial charge in [0, 0.05) is 24.7 Å². The summed E-state index contributed by atoms with van der Waals surface area (Å²) in [5, 5.41) is 9.80. The number of halogens is 2. The molecule has 3 aliphatic carbocycles. The van der Waals surface area contributed by atoms with Gasteiger partial charge in [0.05, 0.1) is 5.02 Å². The topological polar surface area (TPSA) is 127 Å². The standard InChI is InChI=1S/C23H25ClFN7O2/c24-15-9-14(1-2-16(15)25)11-27-19(33)17-10-18(32-21(31-17)29-13-30-32)20(34)28-12-22-3-6-23(26,7-4-22)8-5-22/h1-2,9-10,13H,3-8,11-12,26H2,(H,27,33)(H,28,34). The molecule has 9 nitrogen and oxygen atoms in total. The highest BCUT2D eigenvalue weighted by Crippen LogP contribution is 2.50. The van der Waals surface area contributed by atoms with Gasteiger partial charge < -0.3 is 16.4 Å². The Hall–Kier alpha value is -3.11. The number of benzene rings is 1. The van der Waals surface area contributed by atoms with Crippen molar-refractivity contribution in [1.29, 1.82) is 0 Å². The number of nitrogens with two attached hydrogens (primary N) is 1. The maximum absolute atomic E-state index is 13.4. The lowest BCUT2D eigenvalue weighted by molar-refractivity contribution is 0.0429. The average molecular weight is 486 g/mol. The minimum Gasteiger partial charge on any atom is -0.350 e. The number of fused-ring (bicyclic) bond motifs is 4. The van der Waals surface area contributed by atoms with E-state index in [4.69, 9.17) is 17.3 Å². The molecule has 6 rings (SSSR count). The summed E-state index contributed by atoms with van der Waals surface area (Å²) in [6.07, 6.45) is 7.22. The van der Waals surface area contributed by atoms with Gasteiger partial charge in [0.25, 0.3) is 17.6 Å². The highest BCUT2D eigenvalue weighted by atomic mass is 35.5. The number of carbonyl (C=O) groups is 2. The third-order valence-corrected chi connectivity index (χ3v) is 7.53. The first-order valence-electron chi connectivity index (χ1n) is 11.3. The smallest absolute Gasteiger partial charge is 0.270 e. The van der Waals surface area contributed by atoms with Gasteiger partial charge in [0.1, 0.15) is 23.5 Å². The normalized spacial score (nSPS) is 23.7. The van der Waals surface area contributed by atoms with Gasteiger partial charge in [-0.2, -0.15) is 14.6 Å². The van der Waals surface area contributed by atoms with E-state index in [1.165, 1.54) is 35.1 Å². The van der Waals surface area contributed by atoms with Crippen LogP contribution in [-0.4, -0.2) is 43.5 Å². The first-order valence-corrected chi connectivity index (χ1v) is 11.6. The number of rotatable bonds is 6. The number of aromatic nitrogens is 4. The zero-order valence-electron chi connectivity index (χ0n) is 18.5. The van der Waals surface area contributed by atoms with E-state index in [9.17, 15) is 14.0 Å². The molecule has 178 valence electrons. The van der Waals surface area contributed by atoms with Gasteiger partial charge >= 0.3 is 0 Å². The van der Waals surface area contributed by atoms with Gasteiger partial charge in [-0.25, -0.2) is 9.37 Å². The first-order chi connectivity index (χ1) is 16.3. The summed E-state index contributed by atoms with van der Waals surface area (Å²) in [4.78, 5) is 34.1. The highest BCUT2D eigenvalue weighted by Gasteiger charge is 2.46. The lowest BCUT2D eigenvalue weighted by Crippen LogP contribution is -2.54. The number of hydrogen-bond donors (Lipinski definition) is 3. The molecule has 3 fully saturated rings. The van der Waals surface area contributed by atoms with Gasteiger partial charge in [0.15, 0.2) is 0 Å². The van der Waals surface area contributed by atoms with Crippen LogP contribution in [0.25, 0.3) is 5.78 Å². The van der Waals surface area contributed by atoms with Crippen LogP contribution in [0.1, 0.15) is 65.1 Å². The van der Waals surface area contributed by atoms with Crippen LogP contribution in [0.2, 0.25) is 5.02 Å². The van der Waals surface area contributed by atoms with Crippen molar-refractivity contribution >= 4 is 29.2 Å². The molecule has 3 aliphatic rings. The second-order valence-electron chi connectivity index (χ2n) is 9.47. The van der Waals surface area contributed by atoms with Gasteiger partial charge in [-0.1, -0.05) is 17.7 Å². The monoisotopic (exact) mass is 485 g/mol. The molecule has 1 aromatic carbocycles. The maximum Gasteiger partial charge on any atom is 0.270 e. The molecule has 4 N–H and O–H groups in total. The zero-order chi connectivity index (χ0) is 23.9. The summed E-state index contributed by atoms with van der Waals surface area (Å²) in [6, 6.07) is 5.60. The Morgan fingerprint density at radius 1 is 1.09 bits per heavy atom. The summed E-state index contributed by atoms with van der Waals surface area (Å²) < 4.78 is 14.7. The van der Waals surface area contributed by atoms with Crippen molar-refractivity contribution in [1.82, 2.24) is 30.2 Å². The number of nitrogens with zero attached hydrogens (tertiary/aromatic N) is 4. The van der Waals surface area contributed by atoms with Crippen LogP contribution in [0.15, 0.2) is 30.6 Å². The van der Waals surface area contributed by atoms with Crippen molar-refractivity contribution in [3.05, 3.63) is 58.4 Å². The van der Waals surface area contributed by atoms with Gasteiger partial charge in [-0.05, 0) is 61.6 Å². The molecular weight excluding hydrogens is 461 g/mol. The minimum absolute atomic E-state index is 0.0266. The molecule has 0 aliphatic heterocycles. The highest BCUT2D eigenvalue weighted by molar-refractivity contribution is 6.30. The van der Waals surface area contributed by atoms with Crippen molar-refractivity contribution in [2.75, 3.05) is 6.54 Å².